The van der Waals surface area contributed by atoms with Gasteiger partial charge in [-0.3, -0.25) is 4.79 Å². The van der Waals surface area contributed by atoms with E-state index in [1.54, 1.807) is 12.1 Å². The first kappa shape index (κ1) is 26.4. The summed E-state index contributed by atoms with van der Waals surface area (Å²) in [7, 11) is 0. The minimum atomic E-state index is -3.73. The Labute approximate surface area is 221 Å². The van der Waals surface area contributed by atoms with E-state index < -0.39 is 17.5 Å². The van der Waals surface area contributed by atoms with Crippen molar-refractivity contribution in [2.24, 2.45) is 5.41 Å². The molecule has 0 spiro atoms. The summed E-state index contributed by atoms with van der Waals surface area (Å²) < 4.78 is 53.6. The third kappa shape index (κ3) is 4.74. The van der Waals surface area contributed by atoms with Crippen molar-refractivity contribution in [1.29, 1.82) is 0 Å². The van der Waals surface area contributed by atoms with Gasteiger partial charge in [-0.1, -0.05) is 54.0 Å². The van der Waals surface area contributed by atoms with Gasteiger partial charge >= 0.3 is 6.29 Å². The fourth-order valence-corrected chi connectivity index (χ4v) is 5.09. The van der Waals surface area contributed by atoms with Crippen molar-refractivity contribution in [3.63, 3.8) is 0 Å². The number of aromatic nitrogens is 1. The molecule has 2 aliphatic rings. The number of amides is 1. The number of carbonyl (C=O) groups excluding carboxylic acids is 1. The van der Waals surface area contributed by atoms with E-state index in [4.69, 9.17) is 0 Å². The summed E-state index contributed by atoms with van der Waals surface area (Å²) in [5.74, 6) is -1.07. The van der Waals surface area contributed by atoms with Gasteiger partial charge in [-0.15, -0.1) is 8.78 Å². The van der Waals surface area contributed by atoms with Crippen LogP contribution in [-0.2, 0) is 22.2 Å². The number of nitrogens with zero attached hydrogens (tertiary/aromatic N) is 1. The summed E-state index contributed by atoms with van der Waals surface area (Å²) in [6.45, 7) is 13.8. The molecule has 0 bridgehead atoms. The van der Waals surface area contributed by atoms with E-state index in [9.17, 15) is 13.6 Å². The summed E-state index contributed by atoms with van der Waals surface area (Å²) in [6, 6.07) is 9.65. The maximum Gasteiger partial charge on any atom is 0.586 e. The standard InChI is InChI=1S/C30H35F3N2O3/c1-7-28(5,6)12-13-35-22-17-20(31)21(14-18(22)15-25(35)27(2,3)4)34-26(36)29(10-11-29)19-8-9-23-24(16-19)38-30(32,33)37-23/h8-9,14-17H,7,10-13H2,1-6H3,(H,34,36). The monoisotopic (exact) mass is 528 g/mol. The predicted molar refractivity (Wildman–Crippen MR) is 141 cm³/mol. The molecule has 0 atom stereocenters. The topological polar surface area (TPSA) is 52.5 Å². The van der Waals surface area contributed by atoms with Gasteiger partial charge in [0.2, 0.25) is 5.91 Å². The number of anilines is 1. The van der Waals surface area contributed by atoms with Gasteiger partial charge in [0.05, 0.1) is 16.6 Å². The Morgan fingerprint density at radius 2 is 1.71 bits per heavy atom. The van der Waals surface area contributed by atoms with Gasteiger partial charge in [0.25, 0.3) is 0 Å². The smallest absolute Gasteiger partial charge is 0.395 e. The van der Waals surface area contributed by atoms with E-state index in [0.717, 1.165) is 36.0 Å². The van der Waals surface area contributed by atoms with Crippen LogP contribution in [0.1, 0.15) is 78.5 Å². The number of ether oxygens (including phenoxy) is 2. The second-order valence-corrected chi connectivity index (χ2v) is 12.5. The molecule has 38 heavy (non-hydrogen) atoms. The van der Waals surface area contributed by atoms with E-state index in [0.29, 0.717) is 18.4 Å². The zero-order valence-electron chi connectivity index (χ0n) is 22.8. The SMILES string of the molecule is CCC(C)(C)CCn1c(C(C)(C)C)cc2cc(NC(=O)C3(c4ccc5c(c4)OC(F)(F)O5)CC3)c(F)cc21. The van der Waals surface area contributed by atoms with Gasteiger partial charge in [-0.2, -0.15) is 0 Å². The average molecular weight is 529 g/mol. The molecule has 1 saturated carbocycles. The number of hydrogen-bond donors (Lipinski definition) is 1. The maximum atomic E-state index is 15.4. The second-order valence-electron chi connectivity index (χ2n) is 12.5. The Morgan fingerprint density at radius 1 is 1.03 bits per heavy atom. The van der Waals surface area contributed by atoms with E-state index in [2.05, 4.69) is 67.0 Å². The highest BCUT2D eigenvalue weighted by atomic mass is 19.3. The maximum absolute atomic E-state index is 15.4. The van der Waals surface area contributed by atoms with Crippen LogP contribution in [0.25, 0.3) is 10.9 Å². The van der Waals surface area contributed by atoms with E-state index in [-0.39, 0.29) is 33.9 Å². The Hall–Kier alpha value is -3.16. The molecule has 3 aromatic rings. The summed E-state index contributed by atoms with van der Waals surface area (Å²) in [4.78, 5) is 13.4. The summed E-state index contributed by atoms with van der Waals surface area (Å²) in [5.41, 5.74) is 1.65. The molecule has 1 aliphatic carbocycles. The average Bonchev–Trinajstić information content (AvgIpc) is 3.46. The van der Waals surface area contributed by atoms with Crippen LogP contribution in [0.4, 0.5) is 18.9 Å². The number of nitrogens with one attached hydrogen (secondary N) is 1. The van der Waals surface area contributed by atoms with Crippen molar-refractivity contribution in [3.05, 3.63) is 53.5 Å². The molecule has 5 rings (SSSR count). The molecule has 1 N–H and O–H groups in total. The predicted octanol–water partition coefficient (Wildman–Crippen LogP) is 7.90. The molecule has 1 amide bonds. The quantitative estimate of drug-likeness (QED) is 0.339. The van der Waals surface area contributed by atoms with E-state index >= 15 is 4.39 Å². The highest BCUT2D eigenvalue weighted by Gasteiger charge is 2.53. The van der Waals surface area contributed by atoms with Crippen LogP contribution in [0.5, 0.6) is 11.5 Å². The first-order chi connectivity index (χ1) is 17.6. The summed E-state index contributed by atoms with van der Waals surface area (Å²) in [5, 5.41) is 3.63. The van der Waals surface area contributed by atoms with Gasteiger partial charge in [0, 0.05) is 29.1 Å². The molecule has 0 radical (unpaired) electrons. The minimum absolute atomic E-state index is 0.0760. The van der Waals surface area contributed by atoms with Gasteiger partial charge in [0.15, 0.2) is 11.5 Å². The van der Waals surface area contributed by atoms with Crippen LogP contribution in [0.15, 0.2) is 36.4 Å². The number of alkyl halides is 2. The molecule has 8 heteroatoms. The number of carbonyl (C=O) groups is 1. The van der Waals surface area contributed by atoms with Crippen LogP contribution in [-0.4, -0.2) is 16.8 Å². The number of rotatable bonds is 7. The third-order valence-corrected chi connectivity index (χ3v) is 8.11. The van der Waals surface area contributed by atoms with Gasteiger partial charge < -0.3 is 19.4 Å². The highest BCUT2D eigenvalue weighted by molar-refractivity contribution is 6.02. The van der Waals surface area contributed by atoms with Crippen molar-refractivity contribution in [2.75, 3.05) is 5.32 Å². The lowest BCUT2D eigenvalue weighted by molar-refractivity contribution is -0.286. The number of halogens is 3. The van der Waals surface area contributed by atoms with E-state index in [1.165, 1.54) is 18.2 Å². The molecule has 2 aromatic carbocycles. The lowest BCUT2D eigenvalue weighted by Crippen LogP contribution is -2.28. The van der Waals surface area contributed by atoms with Crippen molar-refractivity contribution >= 4 is 22.5 Å². The van der Waals surface area contributed by atoms with Gasteiger partial charge in [0.1, 0.15) is 5.82 Å². The molecular formula is C30H35F3N2O3. The molecule has 1 fully saturated rings. The lowest BCUT2D eigenvalue weighted by atomic mass is 9.86. The molecule has 2 heterocycles. The Kier molecular flexibility index (Phi) is 6.04. The van der Waals surface area contributed by atoms with Gasteiger partial charge in [-0.05, 0) is 54.5 Å². The first-order valence-electron chi connectivity index (χ1n) is 13.2. The second kappa shape index (κ2) is 8.68. The first-order valence-corrected chi connectivity index (χ1v) is 13.2. The number of aryl methyl sites for hydroxylation is 1. The highest BCUT2D eigenvalue weighted by Crippen LogP contribution is 2.52. The number of hydrogen-bond acceptors (Lipinski definition) is 3. The fourth-order valence-electron chi connectivity index (χ4n) is 5.09. The molecule has 1 aliphatic heterocycles. The van der Waals surface area contributed by atoms with Crippen LogP contribution >= 0.6 is 0 Å². The van der Waals surface area contributed by atoms with Gasteiger partial charge in [-0.25, -0.2) is 4.39 Å². The number of fused-ring (bicyclic) bond motifs is 2. The molecule has 5 nitrogen and oxygen atoms in total. The normalized spacial score (nSPS) is 17.6. The summed E-state index contributed by atoms with van der Waals surface area (Å²) in [6.07, 6.45) is -0.671. The van der Waals surface area contributed by atoms with Crippen LogP contribution in [0.3, 0.4) is 0 Å². The van der Waals surface area contributed by atoms with Crippen LogP contribution < -0.4 is 14.8 Å². The Morgan fingerprint density at radius 3 is 2.34 bits per heavy atom. The van der Waals surface area contributed by atoms with E-state index in [1.807, 2.05) is 0 Å². The zero-order chi connectivity index (χ0) is 27.7. The number of benzene rings is 2. The molecule has 0 unspecified atom stereocenters. The third-order valence-electron chi connectivity index (χ3n) is 8.11. The largest absolute Gasteiger partial charge is 0.586 e. The van der Waals surface area contributed by atoms with Crippen LogP contribution in [0.2, 0.25) is 0 Å². The van der Waals surface area contributed by atoms with Crippen molar-refractivity contribution in [3.8, 4) is 11.5 Å². The van der Waals surface area contributed by atoms with Crippen LogP contribution in [0, 0.1) is 11.2 Å². The molecular weight excluding hydrogens is 493 g/mol. The van der Waals surface area contributed by atoms with Crippen molar-refractivity contribution in [2.45, 2.75) is 90.9 Å². The zero-order valence-corrected chi connectivity index (χ0v) is 22.8. The van der Waals surface area contributed by atoms with Crippen molar-refractivity contribution < 1.29 is 27.4 Å². The Balaban J connectivity index is 1.44. The van der Waals surface area contributed by atoms with Crippen molar-refractivity contribution in [1.82, 2.24) is 4.57 Å². The minimum Gasteiger partial charge on any atom is -0.395 e. The fraction of sp³-hybridized carbons (Fsp3) is 0.500. The lowest BCUT2D eigenvalue weighted by Gasteiger charge is -2.27. The Bertz CT molecular complexity index is 1410. The molecule has 0 saturated heterocycles. The summed E-state index contributed by atoms with van der Waals surface area (Å²) >= 11 is 0. The molecule has 1 aromatic heterocycles. The molecule has 204 valence electrons.